The minimum atomic E-state index is -0.682. The van der Waals surface area contributed by atoms with Gasteiger partial charge in [0, 0.05) is 31.4 Å². The number of unbranched alkanes of at least 4 members (excludes halogenated alkanes) is 4. The molecule has 0 fully saturated rings. The molecule has 0 aromatic heterocycles. The number of carboxylic acids is 1. The molecule has 0 amide bonds. The first-order valence-electron chi connectivity index (χ1n) is 9.78. The summed E-state index contributed by atoms with van der Waals surface area (Å²) >= 11 is 0. The highest BCUT2D eigenvalue weighted by molar-refractivity contribution is 6.01. The molecule has 0 radical (unpaired) electrons. The van der Waals surface area contributed by atoms with Crippen molar-refractivity contribution in [2.75, 3.05) is 6.54 Å². The van der Waals surface area contributed by atoms with Crippen molar-refractivity contribution < 1.29 is 14.5 Å². The van der Waals surface area contributed by atoms with Gasteiger partial charge in [0.05, 0.1) is 5.41 Å². The molecule has 0 saturated heterocycles. The number of carboxylic acid groups (broad SMARTS) is 1. The number of rotatable bonds is 8. The second-order valence-electron chi connectivity index (χ2n) is 7.95. The van der Waals surface area contributed by atoms with Crippen LogP contribution >= 0.6 is 0 Å². The molecular weight excluding hydrogens is 322 g/mol. The molecule has 2 aromatic rings. The number of aliphatic carboxylic acids is 1. The van der Waals surface area contributed by atoms with E-state index in [1.54, 1.807) is 0 Å². The van der Waals surface area contributed by atoms with E-state index in [-0.39, 0.29) is 5.41 Å². The molecule has 0 unspecified atom stereocenters. The third kappa shape index (κ3) is 3.53. The topological polar surface area (TPSA) is 40.3 Å². The van der Waals surface area contributed by atoms with Gasteiger partial charge in [-0.1, -0.05) is 37.1 Å². The van der Waals surface area contributed by atoms with Gasteiger partial charge in [-0.3, -0.25) is 4.79 Å². The molecule has 1 heterocycles. The van der Waals surface area contributed by atoms with Crippen molar-refractivity contribution in [2.45, 2.75) is 64.7 Å². The number of nitrogens with zero attached hydrogens (tertiary/aromatic N) is 1. The Balaban J connectivity index is 1.70. The van der Waals surface area contributed by atoms with Crippen LogP contribution < -0.4 is 0 Å². The molecule has 0 aliphatic carbocycles. The standard InChI is InChI=1S/C23H29NO2/c1-17-23(2,3)22-19-12-9-8-11-18(19)14-15-20(22)24(17)16-10-6-4-5-7-13-21(25)26/h8-9,11-12,14-15H,4-7,10,13,16H2,1-3H3/p+1. The Kier molecular flexibility index (Phi) is 5.45. The van der Waals surface area contributed by atoms with Crippen LogP contribution in [0.25, 0.3) is 10.8 Å². The Labute approximate surface area is 156 Å². The van der Waals surface area contributed by atoms with Crippen LogP contribution in [0.2, 0.25) is 0 Å². The molecule has 3 nitrogen and oxygen atoms in total. The monoisotopic (exact) mass is 352 g/mol. The first-order valence-corrected chi connectivity index (χ1v) is 9.78. The van der Waals surface area contributed by atoms with Crippen LogP contribution in [0.1, 0.15) is 64.9 Å². The Bertz CT molecular complexity index is 848. The quantitative estimate of drug-likeness (QED) is 0.492. The minimum absolute atomic E-state index is 0.0533. The summed E-state index contributed by atoms with van der Waals surface area (Å²) in [5.74, 6) is -0.682. The van der Waals surface area contributed by atoms with Gasteiger partial charge in [0.2, 0.25) is 5.69 Å². The van der Waals surface area contributed by atoms with Crippen LogP contribution in [0, 0.1) is 0 Å². The van der Waals surface area contributed by atoms with Crippen LogP contribution in [-0.2, 0) is 10.2 Å². The summed E-state index contributed by atoms with van der Waals surface area (Å²) in [5.41, 5.74) is 4.29. The number of hydrogen-bond donors (Lipinski definition) is 1. The van der Waals surface area contributed by atoms with Gasteiger partial charge in [-0.15, -0.1) is 0 Å². The molecular formula is C23H30NO2+. The maximum atomic E-state index is 10.6. The molecule has 0 spiro atoms. The van der Waals surface area contributed by atoms with E-state index in [1.807, 2.05) is 0 Å². The molecule has 1 aliphatic rings. The molecule has 2 aromatic carbocycles. The predicted molar refractivity (Wildman–Crippen MR) is 108 cm³/mol. The van der Waals surface area contributed by atoms with Crippen LogP contribution in [0.4, 0.5) is 5.69 Å². The highest BCUT2D eigenvalue weighted by Gasteiger charge is 2.43. The summed E-state index contributed by atoms with van der Waals surface area (Å²) in [6.45, 7) is 7.97. The lowest BCUT2D eigenvalue weighted by Crippen LogP contribution is -2.26. The van der Waals surface area contributed by atoms with Gasteiger partial charge < -0.3 is 5.11 Å². The molecule has 1 N–H and O–H groups in total. The number of carbonyl (C=O) groups is 1. The molecule has 138 valence electrons. The van der Waals surface area contributed by atoms with E-state index >= 15 is 0 Å². The smallest absolute Gasteiger partial charge is 0.303 e. The lowest BCUT2D eigenvalue weighted by atomic mass is 9.80. The molecule has 1 aliphatic heterocycles. The summed E-state index contributed by atoms with van der Waals surface area (Å²) in [7, 11) is 0. The zero-order chi connectivity index (χ0) is 18.7. The van der Waals surface area contributed by atoms with E-state index < -0.39 is 5.97 Å². The van der Waals surface area contributed by atoms with Crippen molar-refractivity contribution in [3.05, 3.63) is 42.0 Å². The van der Waals surface area contributed by atoms with E-state index in [4.69, 9.17) is 5.11 Å². The summed E-state index contributed by atoms with van der Waals surface area (Å²) < 4.78 is 2.50. The van der Waals surface area contributed by atoms with Gasteiger partial charge in [-0.2, -0.15) is 4.58 Å². The average Bonchev–Trinajstić information content (AvgIpc) is 2.81. The molecule has 0 atom stereocenters. The predicted octanol–water partition coefficient (Wildman–Crippen LogP) is 5.66. The third-order valence-corrected chi connectivity index (χ3v) is 5.90. The highest BCUT2D eigenvalue weighted by atomic mass is 16.4. The van der Waals surface area contributed by atoms with E-state index in [0.717, 1.165) is 38.6 Å². The SMILES string of the molecule is CC1=[N+](CCCCCCCC(=O)O)c2ccc3ccccc3c2C1(C)C. The van der Waals surface area contributed by atoms with Crippen LogP contribution in [0.5, 0.6) is 0 Å². The molecule has 26 heavy (non-hydrogen) atoms. The average molecular weight is 352 g/mol. The van der Waals surface area contributed by atoms with Gasteiger partial charge >= 0.3 is 5.97 Å². The summed E-state index contributed by atoms with van der Waals surface area (Å²) in [6.07, 6.45) is 5.54. The fourth-order valence-electron chi connectivity index (χ4n) is 4.21. The van der Waals surface area contributed by atoms with E-state index in [0.29, 0.717) is 6.42 Å². The number of fused-ring (bicyclic) bond motifs is 3. The van der Waals surface area contributed by atoms with Crippen molar-refractivity contribution in [2.24, 2.45) is 0 Å². The van der Waals surface area contributed by atoms with Crippen molar-refractivity contribution >= 4 is 28.1 Å². The summed E-state index contributed by atoms with van der Waals surface area (Å²) in [6, 6.07) is 13.2. The van der Waals surface area contributed by atoms with E-state index in [1.165, 1.54) is 27.7 Å². The zero-order valence-corrected chi connectivity index (χ0v) is 16.2. The van der Waals surface area contributed by atoms with Gasteiger partial charge in [0.25, 0.3) is 0 Å². The fourth-order valence-corrected chi connectivity index (χ4v) is 4.21. The summed E-state index contributed by atoms with van der Waals surface area (Å²) in [5, 5.41) is 11.4. The molecule has 0 saturated carbocycles. The second kappa shape index (κ2) is 7.61. The maximum Gasteiger partial charge on any atom is 0.303 e. The first-order chi connectivity index (χ1) is 12.4. The van der Waals surface area contributed by atoms with E-state index in [2.05, 4.69) is 61.7 Å². The molecule has 0 bridgehead atoms. The molecule has 3 heteroatoms. The van der Waals surface area contributed by atoms with Gasteiger partial charge in [0.15, 0.2) is 5.71 Å². The lowest BCUT2D eigenvalue weighted by Gasteiger charge is -2.17. The highest BCUT2D eigenvalue weighted by Crippen LogP contribution is 2.43. The Morgan fingerprint density at radius 1 is 1.00 bits per heavy atom. The van der Waals surface area contributed by atoms with Crippen molar-refractivity contribution in [3.8, 4) is 0 Å². The van der Waals surface area contributed by atoms with Crippen molar-refractivity contribution in [1.82, 2.24) is 0 Å². The largest absolute Gasteiger partial charge is 0.481 e. The Morgan fingerprint density at radius 3 is 2.46 bits per heavy atom. The van der Waals surface area contributed by atoms with Crippen molar-refractivity contribution in [3.63, 3.8) is 0 Å². The van der Waals surface area contributed by atoms with Gasteiger partial charge in [-0.25, -0.2) is 0 Å². The Morgan fingerprint density at radius 2 is 1.69 bits per heavy atom. The van der Waals surface area contributed by atoms with Crippen LogP contribution in [-0.4, -0.2) is 27.9 Å². The first kappa shape index (κ1) is 18.6. The Hall–Kier alpha value is -2.16. The number of benzene rings is 2. The van der Waals surface area contributed by atoms with Crippen molar-refractivity contribution in [1.29, 1.82) is 0 Å². The van der Waals surface area contributed by atoms with Gasteiger partial charge in [0.1, 0.15) is 6.54 Å². The zero-order valence-electron chi connectivity index (χ0n) is 16.2. The lowest BCUT2D eigenvalue weighted by molar-refractivity contribution is -0.439. The third-order valence-electron chi connectivity index (χ3n) is 5.90. The second-order valence-corrected chi connectivity index (χ2v) is 7.95. The van der Waals surface area contributed by atoms with Gasteiger partial charge in [-0.05, 0) is 43.5 Å². The maximum absolute atomic E-state index is 10.6. The van der Waals surface area contributed by atoms with Crippen LogP contribution in [0.3, 0.4) is 0 Å². The van der Waals surface area contributed by atoms with Crippen LogP contribution in [0.15, 0.2) is 36.4 Å². The normalized spacial score (nSPS) is 15.5. The van der Waals surface area contributed by atoms with E-state index in [9.17, 15) is 4.79 Å². The minimum Gasteiger partial charge on any atom is -0.481 e. The summed E-state index contributed by atoms with van der Waals surface area (Å²) in [4.78, 5) is 10.6. The molecule has 3 rings (SSSR count). The fraction of sp³-hybridized carbons (Fsp3) is 0.478. The number of hydrogen-bond acceptors (Lipinski definition) is 1.